The SMILES string of the molecule is COc1ccc([C@@H](C)NC(=O)NC2CCCn3nccc32)c(OC)c1. The Bertz CT molecular complexity index is 744. The molecular weight excluding hydrogens is 320 g/mol. The van der Waals surface area contributed by atoms with Gasteiger partial charge in [-0.15, -0.1) is 0 Å². The van der Waals surface area contributed by atoms with Crippen molar-refractivity contribution in [1.82, 2.24) is 20.4 Å². The number of rotatable bonds is 5. The lowest BCUT2D eigenvalue weighted by Gasteiger charge is -2.26. The molecule has 2 N–H and O–H groups in total. The largest absolute Gasteiger partial charge is 0.497 e. The van der Waals surface area contributed by atoms with Gasteiger partial charge in [0.2, 0.25) is 0 Å². The molecule has 2 aromatic rings. The zero-order chi connectivity index (χ0) is 17.8. The van der Waals surface area contributed by atoms with Gasteiger partial charge in [0, 0.05) is 24.4 Å². The van der Waals surface area contributed by atoms with Crippen LogP contribution in [0.4, 0.5) is 4.79 Å². The molecule has 134 valence electrons. The third-order valence-corrected chi connectivity index (χ3v) is 4.53. The van der Waals surface area contributed by atoms with Crippen LogP contribution in [0.1, 0.15) is 43.1 Å². The molecular formula is C18H24N4O3. The molecule has 1 aromatic heterocycles. The minimum Gasteiger partial charge on any atom is -0.497 e. The van der Waals surface area contributed by atoms with Gasteiger partial charge < -0.3 is 20.1 Å². The van der Waals surface area contributed by atoms with Crippen LogP contribution in [0.25, 0.3) is 0 Å². The van der Waals surface area contributed by atoms with Crippen molar-refractivity contribution in [3.05, 3.63) is 41.7 Å². The van der Waals surface area contributed by atoms with E-state index < -0.39 is 0 Å². The van der Waals surface area contributed by atoms with Gasteiger partial charge in [0.25, 0.3) is 0 Å². The summed E-state index contributed by atoms with van der Waals surface area (Å²) < 4.78 is 12.6. The molecule has 7 heteroatoms. The molecule has 2 atom stereocenters. The van der Waals surface area contributed by atoms with Gasteiger partial charge in [-0.2, -0.15) is 5.10 Å². The number of urea groups is 1. The number of ether oxygens (including phenoxy) is 2. The Labute approximate surface area is 147 Å². The molecule has 1 aromatic carbocycles. The van der Waals surface area contributed by atoms with Crippen LogP contribution in [0.3, 0.4) is 0 Å². The van der Waals surface area contributed by atoms with Crippen LogP contribution in [-0.2, 0) is 6.54 Å². The molecule has 3 rings (SSSR count). The molecule has 1 aliphatic heterocycles. The second kappa shape index (κ2) is 7.46. The highest BCUT2D eigenvalue weighted by Gasteiger charge is 2.23. The Kier molecular flexibility index (Phi) is 5.11. The van der Waals surface area contributed by atoms with Gasteiger partial charge in [-0.3, -0.25) is 4.68 Å². The number of amides is 2. The summed E-state index contributed by atoms with van der Waals surface area (Å²) in [5.41, 5.74) is 1.95. The van der Waals surface area contributed by atoms with Gasteiger partial charge in [-0.25, -0.2) is 4.79 Å². The van der Waals surface area contributed by atoms with Crippen molar-refractivity contribution < 1.29 is 14.3 Å². The smallest absolute Gasteiger partial charge is 0.315 e. The van der Waals surface area contributed by atoms with E-state index in [1.807, 2.05) is 35.9 Å². The van der Waals surface area contributed by atoms with Crippen LogP contribution in [0.5, 0.6) is 11.5 Å². The number of aromatic nitrogens is 2. The molecule has 0 fully saturated rings. The van der Waals surface area contributed by atoms with Crippen molar-refractivity contribution in [3.8, 4) is 11.5 Å². The van der Waals surface area contributed by atoms with E-state index in [0.29, 0.717) is 11.5 Å². The zero-order valence-corrected chi connectivity index (χ0v) is 14.8. The molecule has 0 aliphatic carbocycles. The predicted molar refractivity (Wildman–Crippen MR) is 93.8 cm³/mol. The Morgan fingerprint density at radius 3 is 2.92 bits per heavy atom. The van der Waals surface area contributed by atoms with E-state index in [-0.39, 0.29) is 18.1 Å². The molecule has 2 amide bonds. The van der Waals surface area contributed by atoms with Crippen molar-refractivity contribution in [1.29, 1.82) is 0 Å². The molecule has 0 bridgehead atoms. The lowest BCUT2D eigenvalue weighted by molar-refractivity contribution is 0.230. The van der Waals surface area contributed by atoms with E-state index in [1.165, 1.54) is 0 Å². The molecule has 1 aliphatic rings. The maximum Gasteiger partial charge on any atom is 0.315 e. The third-order valence-electron chi connectivity index (χ3n) is 4.53. The number of fused-ring (bicyclic) bond motifs is 1. The maximum absolute atomic E-state index is 12.4. The van der Waals surface area contributed by atoms with Crippen LogP contribution in [0.15, 0.2) is 30.5 Å². The highest BCUT2D eigenvalue weighted by atomic mass is 16.5. The molecule has 0 spiro atoms. The molecule has 2 heterocycles. The maximum atomic E-state index is 12.4. The average molecular weight is 344 g/mol. The second-order valence-electron chi connectivity index (χ2n) is 6.12. The number of hydrogen-bond donors (Lipinski definition) is 2. The molecule has 1 unspecified atom stereocenters. The number of nitrogens with zero attached hydrogens (tertiary/aromatic N) is 2. The highest BCUT2D eigenvalue weighted by Crippen LogP contribution is 2.29. The number of hydrogen-bond acceptors (Lipinski definition) is 4. The van der Waals surface area contributed by atoms with Gasteiger partial charge in [-0.05, 0) is 38.0 Å². The standard InChI is InChI=1S/C18H24N4O3/c1-12(14-7-6-13(24-2)11-17(14)25-3)20-18(23)21-15-5-4-10-22-16(15)8-9-19-22/h6-9,11-12,15H,4-5,10H2,1-3H3,(H2,20,21,23)/t12-,15?/m1/s1. The fraction of sp³-hybridized carbons (Fsp3) is 0.444. The first kappa shape index (κ1) is 17.1. The Balaban J connectivity index is 1.66. The van der Waals surface area contributed by atoms with E-state index in [4.69, 9.17) is 9.47 Å². The number of nitrogens with one attached hydrogen (secondary N) is 2. The summed E-state index contributed by atoms with van der Waals surface area (Å²) in [5, 5.41) is 10.3. The van der Waals surface area contributed by atoms with Crippen molar-refractivity contribution in [2.75, 3.05) is 14.2 Å². The first-order valence-electron chi connectivity index (χ1n) is 8.43. The first-order chi connectivity index (χ1) is 12.1. The van der Waals surface area contributed by atoms with Crippen LogP contribution < -0.4 is 20.1 Å². The summed E-state index contributed by atoms with van der Waals surface area (Å²) in [6.45, 7) is 2.83. The van der Waals surface area contributed by atoms with Gasteiger partial charge in [-0.1, -0.05) is 0 Å². The third kappa shape index (κ3) is 3.70. The number of benzene rings is 1. The van der Waals surface area contributed by atoms with Crippen LogP contribution >= 0.6 is 0 Å². The lowest BCUT2D eigenvalue weighted by atomic mass is 10.0. The molecule has 7 nitrogen and oxygen atoms in total. The van der Waals surface area contributed by atoms with Gasteiger partial charge in [0.15, 0.2) is 0 Å². The first-order valence-corrected chi connectivity index (χ1v) is 8.43. The van der Waals surface area contributed by atoms with Crippen molar-refractivity contribution >= 4 is 6.03 Å². The summed E-state index contributed by atoms with van der Waals surface area (Å²) in [7, 11) is 3.21. The number of methoxy groups -OCH3 is 2. The fourth-order valence-corrected chi connectivity index (χ4v) is 3.22. The van der Waals surface area contributed by atoms with Gasteiger partial charge >= 0.3 is 6.03 Å². The van der Waals surface area contributed by atoms with Gasteiger partial charge in [0.05, 0.1) is 32.0 Å². The van der Waals surface area contributed by atoms with E-state index in [1.54, 1.807) is 20.4 Å². The minimum absolute atomic E-state index is 0.0128. The topological polar surface area (TPSA) is 77.4 Å². The average Bonchev–Trinajstić information content (AvgIpc) is 3.10. The van der Waals surface area contributed by atoms with E-state index in [0.717, 1.165) is 30.6 Å². The van der Waals surface area contributed by atoms with Crippen LogP contribution in [-0.4, -0.2) is 30.0 Å². The fourth-order valence-electron chi connectivity index (χ4n) is 3.22. The number of aryl methyl sites for hydroxylation is 1. The highest BCUT2D eigenvalue weighted by molar-refractivity contribution is 5.75. The Morgan fingerprint density at radius 2 is 2.16 bits per heavy atom. The van der Waals surface area contributed by atoms with Crippen molar-refractivity contribution in [3.63, 3.8) is 0 Å². The normalized spacial score (nSPS) is 17.3. The Hall–Kier alpha value is -2.70. The van der Waals surface area contributed by atoms with E-state index in [9.17, 15) is 4.79 Å². The number of carbonyl (C=O) groups is 1. The van der Waals surface area contributed by atoms with E-state index in [2.05, 4.69) is 15.7 Å². The van der Waals surface area contributed by atoms with Crippen LogP contribution in [0.2, 0.25) is 0 Å². The second-order valence-corrected chi connectivity index (χ2v) is 6.12. The summed E-state index contributed by atoms with van der Waals surface area (Å²) in [6, 6.07) is 7.11. The summed E-state index contributed by atoms with van der Waals surface area (Å²) in [4.78, 5) is 12.4. The minimum atomic E-state index is -0.204. The van der Waals surface area contributed by atoms with E-state index >= 15 is 0 Å². The number of carbonyl (C=O) groups excluding carboxylic acids is 1. The summed E-state index contributed by atoms with van der Waals surface area (Å²) >= 11 is 0. The predicted octanol–water partition coefficient (Wildman–Crippen LogP) is 2.80. The quantitative estimate of drug-likeness (QED) is 0.874. The lowest BCUT2D eigenvalue weighted by Crippen LogP contribution is -2.40. The van der Waals surface area contributed by atoms with Crippen molar-refractivity contribution in [2.45, 2.75) is 38.4 Å². The van der Waals surface area contributed by atoms with Gasteiger partial charge in [0.1, 0.15) is 11.5 Å². The monoisotopic (exact) mass is 344 g/mol. The Morgan fingerprint density at radius 1 is 1.32 bits per heavy atom. The van der Waals surface area contributed by atoms with Crippen molar-refractivity contribution in [2.24, 2.45) is 0 Å². The van der Waals surface area contributed by atoms with Crippen LogP contribution in [0, 0.1) is 0 Å². The molecule has 0 radical (unpaired) electrons. The molecule has 25 heavy (non-hydrogen) atoms. The molecule has 0 saturated carbocycles. The molecule has 0 saturated heterocycles. The summed E-state index contributed by atoms with van der Waals surface area (Å²) in [5.74, 6) is 1.40. The zero-order valence-electron chi connectivity index (χ0n) is 14.8. The summed E-state index contributed by atoms with van der Waals surface area (Å²) in [6.07, 6.45) is 3.69.